The normalized spacial score (nSPS) is 14.4. The summed E-state index contributed by atoms with van der Waals surface area (Å²) in [5, 5.41) is 0. The number of hydrogen-bond acceptors (Lipinski definition) is 1. The number of amides is 1. The average molecular weight is 443 g/mol. The zero-order valence-electron chi connectivity index (χ0n) is 17.4. The Morgan fingerprint density at radius 3 is 2.32 bits per heavy atom. The maximum absolute atomic E-state index is 12.4. The highest BCUT2D eigenvalue weighted by atomic mass is 79.9. The van der Waals surface area contributed by atoms with Crippen molar-refractivity contribution in [1.82, 2.24) is 0 Å². The van der Waals surface area contributed by atoms with Crippen molar-refractivity contribution in [1.29, 1.82) is 0 Å². The van der Waals surface area contributed by atoms with Crippen molar-refractivity contribution in [3.8, 4) is 0 Å². The van der Waals surface area contributed by atoms with Gasteiger partial charge < -0.3 is 21.9 Å². The number of carbonyl (C=O) groups is 1. The summed E-state index contributed by atoms with van der Waals surface area (Å²) in [6.07, 6.45) is 3.72. The van der Waals surface area contributed by atoms with Crippen molar-refractivity contribution < 1.29 is 26.4 Å². The number of rotatable bonds is 7. The number of halogens is 1. The molecule has 0 aliphatic carbocycles. The number of benzene rings is 2. The van der Waals surface area contributed by atoms with Crippen molar-refractivity contribution >= 4 is 23.0 Å². The van der Waals surface area contributed by atoms with E-state index in [1.165, 1.54) is 17.0 Å². The van der Waals surface area contributed by atoms with Crippen LogP contribution in [0.3, 0.4) is 0 Å². The standard InChI is InChI=1S/C24H31N2O.BrH/c1-19-24(2,3)21-15-10-11-16-22(21)26(19)18-12-6-9-17-23(27)25(4)20-13-7-5-8-14-20;/h5,7-8,10-11,13-16H,6,9,12,17-18H2,1-4H3;1H/q+1;/p-1. The minimum atomic E-state index is 0. The summed E-state index contributed by atoms with van der Waals surface area (Å²) in [5.41, 5.74) is 5.25. The Kier molecular flexibility index (Phi) is 7.59. The van der Waals surface area contributed by atoms with Crippen LogP contribution < -0.4 is 21.9 Å². The molecule has 0 radical (unpaired) electrons. The van der Waals surface area contributed by atoms with Gasteiger partial charge in [-0.3, -0.25) is 4.79 Å². The van der Waals surface area contributed by atoms with E-state index in [1.54, 1.807) is 4.90 Å². The summed E-state index contributed by atoms with van der Waals surface area (Å²) in [7, 11) is 1.86. The van der Waals surface area contributed by atoms with Gasteiger partial charge in [-0.15, -0.1) is 0 Å². The van der Waals surface area contributed by atoms with Crippen LogP contribution in [0.15, 0.2) is 54.6 Å². The van der Waals surface area contributed by atoms with Crippen LogP contribution in [0.1, 0.15) is 52.0 Å². The highest BCUT2D eigenvalue weighted by molar-refractivity contribution is 5.93. The lowest BCUT2D eigenvalue weighted by atomic mass is 9.82. The first kappa shape index (κ1) is 22.4. The van der Waals surface area contributed by atoms with Crippen LogP contribution in [0, 0.1) is 0 Å². The van der Waals surface area contributed by atoms with Gasteiger partial charge >= 0.3 is 0 Å². The van der Waals surface area contributed by atoms with Crippen LogP contribution >= 0.6 is 0 Å². The van der Waals surface area contributed by atoms with E-state index in [2.05, 4.69) is 49.6 Å². The maximum atomic E-state index is 12.4. The Morgan fingerprint density at radius 1 is 0.964 bits per heavy atom. The van der Waals surface area contributed by atoms with Gasteiger partial charge in [-0.2, -0.15) is 4.58 Å². The van der Waals surface area contributed by atoms with E-state index in [0.29, 0.717) is 6.42 Å². The molecule has 0 saturated carbocycles. The predicted octanol–water partition coefficient (Wildman–Crippen LogP) is 2.31. The molecule has 1 aliphatic heterocycles. The first-order chi connectivity index (χ1) is 12.9. The van der Waals surface area contributed by atoms with Crippen molar-refractivity contribution in [2.75, 3.05) is 18.5 Å². The van der Waals surface area contributed by atoms with Gasteiger partial charge in [0.2, 0.25) is 11.6 Å². The third kappa shape index (κ3) is 4.54. The second-order valence-electron chi connectivity index (χ2n) is 7.98. The van der Waals surface area contributed by atoms with Crippen LogP contribution in [0.25, 0.3) is 0 Å². The minimum absolute atomic E-state index is 0. The molecule has 0 spiro atoms. The van der Waals surface area contributed by atoms with Gasteiger partial charge in [-0.1, -0.05) is 36.4 Å². The highest BCUT2D eigenvalue weighted by Crippen LogP contribution is 2.39. The molecule has 0 fully saturated rings. The zero-order chi connectivity index (χ0) is 19.4. The number of hydrogen-bond donors (Lipinski definition) is 0. The number of carbonyl (C=O) groups excluding carboxylic acids is 1. The van der Waals surface area contributed by atoms with E-state index in [4.69, 9.17) is 0 Å². The molecule has 2 aromatic carbocycles. The Labute approximate surface area is 179 Å². The molecule has 28 heavy (non-hydrogen) atoms. The van der Waals surface area contributed by atoms with Gasteiger partial charge in [0.15, 0.2) is 5.71 Å². The molecule has 0 atom stereocenters. The Morgan fingerprint density at radius 2 is 1.61 bits per heavy atom. The molecule has 0 saturated heterocycles. The molecule has 1 heterocycles. The largest absolute Gasteiger partial charge is 1.00 e. The van der Waals surface area contributed by atoms with Crippen molar-refractivity contribution in [3.05, 3.63) is 60.2 Å². The van der Waals surface area contributed by atoms with Gasteiger partial charge in [0, 0.05) is 44.1 Å². The van der Waals surface area contributed by atoms with E-state index < -0.39 is 0 Å². The van der Waals surface area contributed by atoms with Gasteiger partial charge in [0.25, 0.3) is 0 Å². The molecule has 1 aliphatic rings. The van der Waals surface area contributed by atoms with Crippen LogP contribution in [0.4, 0.5) is 11.4 Å². The molecule has 0 unspecified atom stereocenters. The molecule has 2 aromatic rings. The Bertz CT molecular complexity index is 843. The van der Waals surface area contributed by atoms with Gasteiger partial charge in [0.1, 0.15) is 6.54 Å². The molecule has 0 N–H and O–H groups in total. The zero-order valence-corrected chi connectivity index (χ0v) is 19.0. The average Bonchev–Trinajstić information content (AvgIpc) is 2.88. The fourth-order valence-electron chi connectivity index (χ4n) is 3.92. The molecule has 1 amide bonds. The number of nitrogens with zero attached hydrogens (tertiary/aromatic N) is 2. The summed E-state index contributed by atoms with van der Waals surface area (Å²) < 4.78 is 2.47. The summed E-state index contributed by atoms with van der Waals surface area (Å²) in [6.45, 7) is 7.88. The number of para-hydroxylation sites is 2. The molecular formula is C24H31BrN2O. The number of unbranched alkanes of at least 4 members (excludes halogenated alkanes) is 2. The monoisotopic (exact) mass is 442 g/mol. The molecule has 0 aromatic heterocycles. The second kappa shape index (κ2) is 9.51. The molecular weight excluding hydrogens is 412 g/mol. The minimum Gasteiger partial charge on any atom is -1.00 e. The third-order valence-corrected chi connectivity index (χ3v) is 5.97. The fraction of sp³-hybridized carbons (Fsp3) is 0.417. The lowest BCUT2D eigenvalue weighted by Gasteiger charge is -2.17. The van der Waals surface area contributed by atoms with E-state index in [0.717, 1.165) is 31.5 Å². The lowest BCUT2D eigenvalue weighted by molar-refractivity contribution is -0.439. The van der Waals surface area contributed by atoms with E-state index >= 15 is 0 Å². The predicted molar refractivity (Wildman–Crippen MR) is 113 cm³/mol. The smallest absolute Gasteiger partial charge is 0.226 e. The second-order valence-corrected chi connectivity index (χ2v) is 7.98. The van der Waals surface area contributed by atoms with Crippen molar-refractivity contribution in [3.63, 3.8) is 0 Å². The maximum Gasteiger partial charge on any atom is 0.226 e. The quantitative estimate of drug-likeness (QED) is 0.476. The van der Waals surface area contributed by atoms with Gasteiger partial charge in [-0.05, 0) is 38.8 Å². The van der Waals surface area contributed by atoms with Crippen LogP contribution in [-0.2, 0) is 10.2 Å². The van der Waals surface area contributed by atoms with E-state index in [1.807, 2.05) is 37.4 Å². The molecule has 3 rings (SSSR count). The molecule has 150 valence electrons. The first-order valence-corrected chi connectivity index (χ1v) is 9.95. The van der Waals surface area contributed by atoms with E-state index in [-0.39, 0.29) is 28.3 Å². The summed E-state index contributed by atoms with van der Waals surface area (Å²) >= 11 is 0. The van der Waals surface area contributed by atoms with Crippen LogP contribution in [0.5, 0.6) is 0 Å². The van der Waals surface area contributed by atoms with Gasteiger partial charge in [-0.25, -0.2) is 0 Å². The topological polar surface area (TPSA) is 23.3 Å². The SMILES string of the molecule is CC1=[N+](CCCCCC(=O)N(C)c2ccccc2)c2ccccc2C1(C)C.[Br-]. The fourth-order valence-corrected chi connectivity index (χ4v) is 3.92. The number of fused-ring (bicyclic) bond motifs is 1. The summed E-state index contributed by atoms with van der Waals surface area (Å²) in [6, 6.07) is 18.6. The Hall–Kier alpha value is -1.94. The van der Waals surface area contributed by atoms with E-state index in [9.17, 15) is 4.79 Å². The van der Waals surface area contributed by atoms with Crippen molar-refractivity contribution in [2.45, 2.75) is 51.9 Å². The van der Waals surface area contributed by atoms with Crippen LogP contribution in [-0.4, -0.2) is 29.8 Å². The Balaban J connectivity index is 0.00000280. The summed E-state index contributed by atoms with van der Waals surface area (Å²) in [5.74, 6) is 0.191. The summed E-state index contributed by atoms with van der Waals surface area (Å²) in [4.78, 5) is 14.1. The van der Waals surface area contributed by atoms with Crippen molar-refractivity contribution in [2.24, 2.45) is 0 Å². The first-order valence-electron chi connectivity index (χ1n) is 9.95. The number of anilines is 1. The molecule has 0 bridgehead atoms. The molecule has 4 heteroatoms. The van der Waals surface area contributed by atoms with Gasteiger partial charge in [0.05, 0.1) is 5.41 Å². The van der Waals surface area contributed by atoms with Crippen LogP contribution in [0.2, 0.25) is 0 Å². The third-order valence-electron chi connectivity index (χ3n) is 5.97. The lowest BCUT2D eigenvalue weighted by Crippen LogP contribution is -3.00. The highest BCUT2D eigenvalue weighted by Gasteiger charge is 2.42. The molecule has 3 nitrogen and oxygen atoms in total.